The van der Waals surface area contributed by atoms with E-state index in [2.05, 4.69) is 5.32 Å². The normalized spacial score (nSPS) is 18.4. The van der Waals surface area contributed by atoms with Gasteiger partial charge in [-0.25, -0.2) is 0 Å². The second-order valence-electron chi connectivity index (χ2n) is 6.37. The van der Waals surface area contributed by atoms with Crippen LogP contribution in [0.3, 0.4) is 0 Å². The van der Waals surface area contributed by atoms with E-state index in [-0.39, 0.29) is 29.5 Å². The first-order valence-corrected chi connectivity index (χ1v) is 7.04. The largest absolute Gasteiger partial charge is 0.337 e. The highest BCUT2D eigenvalue weighted by molar-refractivity contribution is 5.97. The van der Waals surface area contributed by atoms with Gasteiger partial charge in [0.25, 0.3) is 5.69 Å². The molecule has 0 aromatic heterocycles. The fourth-order valence-electron chi connectivity index (χ4n) is 2.47. The minimum atomic E-state index is -0.518. The molecule has 0 spiro atoms. The van der Waals surface area contributed by atoms with E-state index in [4.69, 9.17) is 0 Å². The number of hydrogen-bond acceptors (Lipinski definition) is 4. The van der Waals surface area contributed by atoms with E-state index in [0.717, 1.165) is 0 Å². The maximum absolute atomic E-state index is 12.3. The highest BCUT2D eigenvalue weighted by atomic mass is 16.6. The molecule has 1 saturated heterocycles. The predicted octanol–water partition coefficient (Wildman–Crippen LogP) is 2.18. The first kappa shape index (κ1) is 15.9. The Hall–Kier alpha value is -2.44. The molecule has 22 heavy (non-hydrogen) atoms. The van der Waals surface area contributed by atoms with E-state index in [9.17, 15) is 19.7 Å². The lowest BCUT2D eigenvalue weighted by atomic mass is 10.1. The lowest BCUT2D eigenvalue weighted by Crippen LogP contribution is -2.42. The highest BCUT2D eigenvalue weighted by Gasteiger charge is 2.39. The standard InChI is InChI=1S/C15H19N3O4/c1-15(2,3)17-9-10(7-13(17)19)14(20)16-11-5-4-6-12(8-11)18(21)22/h4-6,8,10H,7,9H2,1-3H3,(H,16,20). The van der Waals surface area contributed by atoms with Crippen LogP contribution in [0.4, 0.5) is 11.4 Å². The first-order valence-electron chi connectivity index (χ1n) is 7.04. The van der Waals surface area contributed by atoms with Crippen LogP contribution in [-0.4, -0.2) is 33.7 Å². The molecule has 7 nitrogen and oxygen atoms in total. The average molecular weight is 305 g/mol. The van der Waals surface area contributed by atoms with Gasteiger partial charge in [-0.3, -0.25) is 19.7 Å². The van der Waals surface area contributed by atoms with Crippen LogP contribution in [0.2, 0.25) is 0 Å². The van der Waals surface area contributed by atoms with Gasteiger partial charge >= 0.3 is 0 Å². The van der Waals surface area contributed by atoms with Crippen LogP contribution in [0, 0.1) is 16.0 Å². The molecule has 0 radical (unpaired) electrons. The molecule has 1 aromatic carbocycles. The summed E-state index contributed by atoms with van der Waals surface area (Å²) in [5.74, 6) is -0.779. The summed E-state index contributed by atoms with van der Waals surface area (Å²) in [7, 11) is 0. The number of rotatable bonds is 3. The van der Waals surface area contributed by atoms with Crippen LogP contribution in [0.25, 0.3) is 0 Å². The molecule has 0 saturated carbocycles. The summed E-state index contributed by atoms with van der Waals surface area (Å²) in [5.41, 5.74) is -0.0463. The van der Waals surface area contributed by atoms with Gasteiger partial charge in [-0.2, -0.15) is 0 Å². The molecule has 1 fully saturated rings. The summed E-state index contributed by atoms with van der Waals surface area (Å²) in [6.45, 7) is 6.13. The topological polar surface area (TPSA) is 92.6 Å². The second-order valence-corrected chi connectivity index (χ2v) is 6.37. The van der Waals surface area contributed by atoms with Gasteiger partial charge in [-0.05, 0) is 26.8 Å². The zero-order valence-electron chi connectivity index (χ0n) is 12.8. The number of carbonyl (C=O) groups excluding carboxylic acids is 2. The van der Waals surface area contributed by atoms with Crippen molar-refractivity contribution >= 4 is 23.2 Å². The number of benzene rings is 1. The van der Waals surface area contributed by atoms with Crippen molar-refractivity contribution < 1.29 is 14.5 Å². The molecule has 0 bridgehead atoms. The molecule has 2 rings (SSSR count). The van der Waals surface area contributed by atoms with Gasteiger partial charge < -0.3 is 10.2 Å². The third-order valence-electron chi connectivity index (χ3n) is 3.63. The van der Waals surface area contributed by atoms with E-state index in [1.807, 2.05) is 20.8 Å². The Morgan fingerprint density at radius 2 is 2.09 bits per heavy atom. The van der Waals surface area contributed by atoms with E-state index in [0.29, 0.717) is 12.2 Å². The molecule has 1 heterocycles. The molecule has 0 aliphatic carbocycles. The molecule has 1 N–H and O–H groups in total. The second kappa shape index (κ2) is 5.75. The Morgan fingerprint density at radius 3 is 2.64 bits per heavy atom. The maximum Gasteiger partial charge on any atom is 0.271 e. The van der Waals surface area contributed by atoms with Crippen molar-refractivity contribution in [3.63, 3.8) is 0 Å². The molecular formula is C15H19N3O4. The molecular weight excluding hydrogens is 286 g/mol. The molecule has 1 atom stereocenters. The monoisotopic (exact) mass is 305 g/mol. The van der Waals surface area contributed by atoms with Crippen molar-refractivity contribution in [2.24, 2.45) is 5.92 Å². The molecule has 1 aromatic rings. The summed E-state index contributed by atoms with van der Waals surface area (Å²) in [5, 5.41) is 13.4. The van der Waals surface area contributed by atoms with Gasteiger partial charge in [0.15, 0.2) is 0 Å². The van der Waals surface area contributed by atoms with Crippen LogP contribution in [-0.2, 0) is 9.59 Å². The third-order valence-corrected chi connectivity index (χ3v) is 3.63. The summed E-state index contributed by atoms with van der Waals surface area (Å²) in [6.07, 6.45) is 0.165. The minimum absolute atomic E-state index is 0.0494. The Bertz CT molecular complexity index is 621. The number of amides is 2. The number of nitrogens with zero attached hydrogens (tertiary/aromatic N) is 2. The van der Waals surface area contributed by atoms with Crippen molar-refractivity contribution in [3.8, 4) is 0 Å². The van der Waals surface area contributed by atoms with Crippen LogP contribution >= 0.6 is 0 Å². The predicted molar refractivity (Wildman–Crippen MR) is 81.3 cm³/mol. The van der Waals surface area contributed by atoms with Crippen LogP contribution in [0.1, 0.15) is 27.2 Å². The number of nitrogens with one attached hydrogen (secondary N) is 1. The zero-order valence-corrected chi connectivity index (χ0v) is 12.8. The number of anilines is 1. The Balaban J connectivity index is 2.06. The van der Waals surface area contributed by atoms with Gasteiger partial charge in [-0.15, -0.1) is 0 Å². The number of nitro groups is 1. The summed E-state index contributed by atoms with van der Waals surface area (Å²) < 4.78 is 0. The molecule has 1 unspecified atom stereocenters. The van der Waals surface area contributed by atoms with Gasteiger partial charge in [0.2, 0.25) is 11.8 Å². The van der Waals surface area contributed by atoms with Crippen LogP contribution in [0.15, 0.2) is 24.3 Å². The minimum Gasteiger partial charge on any atom is -0.337 e. The molecule has 7 heteroatoms. The van der Waals surface area contributed by atoms with Gasteiger partial charge in [0, 0.05) is 36.3 Å². The van der Waals surface area contributed by atoms with Crippen molar-refractivity contribution in [1.82, 2.24) is 4.90 Å². The smallest absolute Gasteiger partial charge is 0.271 e. The summed E-state index contributed by atoms with van der Waals surface area (Å²) in [6, 6.07) is 5.75. The number of non-ortho nitro benzene ring substituents is 1. The van der Waals surface area contributed by atoms with Crippen molar-refractivity contribution in [1.29, 1.82) is 0 Å². The fraction of sp³-hybridized carbons (Fsp3) is 0.467. The van der Waals surface area contributed by atoms with E-state index in [1.54, 1.807) is 11.0 Å². The van der Waals surface area contributed by atoms with Gasteiger partial charge in [0.1, 0.15) is 0 Å². The van der Waals surface area contributed by atoms with E-state index >= 15 is 0 Å². The summed E-state index contributed by atoms with van der Waals surface area (Å²) >= 11 is 0. The van der Waals surface area contributed by atoms with Gasteiger partial charge in [0.05, 0.1) is 10.8 Å². The van der Waals surface area contributed by atoms with Gasteiger partial charge in [-0.1, -0.05) is 6.07 Å². The lowest BCUT2D eigenvalue weighted by molar-refractivity contribution is -0.384. The number of nitro benzene ring substituents is 1. The average Bonchev–Trinajstić information content (AvgIpc) is 2.81. The van der Waals surface area contributed by atoms with Crippen LogP contribution < -0.4 is 5.32 Å². The third kappa shape index (κ3) is 3.41. The molecule has 1 aliphatic rings. The number of carbonyl (C=O) groups is 2. The number of hydrogen-bond donors (Lipinski definition) is 1. The highest BCUT2D eigenvalue weighted by Crippen LogP contribution is 2.27. The zero-order chi connectivity index (χ0) is 16.5. The van der Waals surface area contributed by atoms with Crippen molar-refractivity contribution in [3.05, 3.63) is 34.4 Å². The quantitative estimate of drug-likeness (QED) is 0.684. The lowest BCUT2D eigenvalue weighted by Gasteiger charge is -2.31. The van der Waals surface area contributed by atoms with Crippen molar-refractivity contribution in [2.45, 2.75) is 32.7 Å². The Morgan fingerprint density at radius 1 is 1.41 bits per heavy atom. The molecule has 118 valence electrons. The first-order chi connectivity index (χ1) is 10.2. The molecule has 1 aliphatic heterocycles. The fourth-order valence-corrected chi connectivity index (χ4v) is 2.47. The van der Waals surface area contributed by atoms with E-state index in [1.165, 1.54) is 18.2 Å². The maximum atomic E-state index is 12.3. The summed E-state index contributed by atoms with van der Waals surface area (Å²) in [4.78, 5) is 36.1. The van der Waals surface area contributed by atoms with Crippen LogP contribution in [0.5, 0.6) is 0 Å². The Kier molecular flexibility index (Phi) is 4.16. The van der Waals surface area contributed by atoms with E-state index < -0.39 is 10.8 Å². The number of likely N-dealkylation sites (tertiary alicyclic amines) is 1. The SMILES string of the molecule is CC(C)(C)N1CC(C(=O)Nc2cccc([N+](=O)[O-])c2)CC1=O. The molecule has 2 amide bonds. The van der Waals surface area contributed by atoms with Crippen molar-refractivity contribution in [2.75, 3.05) is 11.9 Å². The Labute approximate surface area is 128 Å².